The zero-order valence-corrected chi connectivity index (χ0v) is 12.6. The second-order valence-corrected chi connectivity index (χ2v) is 5.76. The van der Waals surface area contributed by atoms with Gasteiger partial charge in [-0.2, -0.15) is 4.80 Å². The number of nitrogens with zero attached hydrogens (tertiary/aromatic N) is 4. The summed E-state index contributed by atoms with van der Waals surface area (Å²) >= 11 is 1.87. The van der Waals surface area contributed by atoms with Gasteiger partial charge in [-0.3, -0.25) is 0 Å². The molecule has 0 spiro atoms. The van der Waals surface area contributed by atoms with Crippen molar-refractivity contribution in [2.75, 3.05) is 6.54 Å². The highest BCUT2D eigenvalue weighted by molar-refractivity contribution is 7.12. The maximum atomic E-state index is 4.27. The summed E-state index contributed by atoms with van der Waals surface area (Å²) < 4.78 is 0. The Labute approximate surface area is 118 Å². The van der Waals surface area contributed by atoms with Crippen molar-refractivity contribution in [2.45, 2.75) is 39.2 Å². The third kappa shape index (κ3) is 3.84. The smallest absolute Gasteiger partial charge is 0.176 e. The SMILES string of the molecule is CCCNC(Cc1nnn(C)n1)c1ccc(CC)s1. The molecule has 2 aromatic heterocycles. The zero-order valence-electron chi connectivity index (χ0n) is 11.8. The number of nitrogens with one attached hydrogen (secondary N) is 1. The van der Waals surface area contributed by atoms with Crippen LogP contribution in [0.15, 0.2) is 12.1 Å². The van der Waals surface area contributed by atoms with E-state index in [0.717, 1.165) is 31.6 Å². The molecule has 1 unspecified atom stereocenters. The Balaban J connectivity index is 2.10. The van der Waals surface area contributed by atoms with Crippen LogP contribution in [0.4, 0.5) is 0 Å². The largest absolute Gasteiger partial charge is 0.309 e. The van der Waals surface area contributed by atoms with Gasteiger partial charge in [-0.15, -0.1) is 21.5 Å². The first kappa shape index (κ1) is 14.1. The van der Waals surface area contributed by atoms with Gasteiger partial charge in [0.1, 0.15) is 0 Å². The van der Waals surface area contributed by atoms with Crippen molar-refractivity contribution < 1.29 is 0 Å². The summed E-state index contributed by atoms with van der Waals surface area (Å²) in [5.41, 5.74) is 0. The Kier molecular flexibility index (Phi) is 5.04. The Bertz CT molecular complexity index is 505. The van der Waals surface area contributed by atoms with Crippen molar-refractivity contribution in [3.8, 4) is 0 Å². The molecule has 6 heteroatoms. The summed E-state index contributed by atoms with van der Waals surface area (Å²) in [7, 11) is 1.80. The van der Waals surface area contributed by atoms with Gasteiger partial charge in [-0.1, -0.05) is 13.8 Å². The summed E-state index contributed by atoms with van der Waals surface area (Å²) in [6.07, 6.45) is 3.00. The lowest BCUT2D eigenvalue weighted by atomic mass is 10.1. The highest BCUT2D eigenvalue weighted by atomic mass is 32.1. The number of hydrogen-bond donors (Lipinski definition) is 1. The molecule has 2 rings (SSSR count). The van der Waals surface area contributed by atoms with Crippen LogP contribution < -0.4 is 5.32 Å². The number of tetrazole rings is 1. The van der Waals surface area contributed by atoms with E-state index < -0.39 is 0 Å². The van der Waals surface area contributed by atoms with Crippen LogP contribution >= 0.6 is 11.3 Å². The fraction of sp³-hybridized carbons (Fsp3) is 0.615. The third-order valence-electron chi connectivity index (χ3n) is 2.95. The van der Waals surface area contributed by atoms with E-state index >= 15 is 0 Å². The van der Waals surface area contributed by atoms with Crippen LogP contribution in [0, 0.1) is 0 Å². The molecule has 0 aliphatic heterocycles. The minimum atomic E-state index is 0.287. The van der Waals surface area contributed by atoms with Gasteiger partial charge in [0.15, 0.2) is 5.82 Å². The van der Waals surface area contributed by atoms with Crippen molar-refractivity contribution in [1.29, 1.82) is 0 Å². The van der Waals surface area contributed by atoms with Crippen molar-refractivity contribution in [2.24, 2.45) is 7.05 Å². The molecule has 5 nitrogen and oxygen atoms in total. The fourth-order valence-corrected chi connectivity index (χ4v) is 2.98. The van der Waals surface area contributed by atoms with Crippen LogP contribution in [0.3, 0.4) is 0 Å². The first-order valence-corrected chi connectivity index (χ1v) is 7.59. The van der Waals surface area contributed by atoms with Gasteiger partial charge >= 0.3 is 0 Å². The molecule has 2 aromatic rings. The number of aryl methyl sites for hydroxylation is 2. The van der Waals surface area contributed by atoms with Crippen LogP contribution in [-0.2, 0) is 19.9 Å². The molecule has 0 saturated heterocycles. The number of thiophene rings is 1. The van der Waals surface area contributed by atoms with E-state index in [2.05, 4.69) is 46.7 Å². The molecule has 2 heterocycles. The van der Waals surface area contributed by atoms with E-state index in [9.17, 15) is 0 Å². The molecule has 19 heavy (non-hydrogen) atoms. The minimum Gasteiger partial charge on any atom is -0.309 e. The lowest BCUT2D eigenvalue weighted by Crippen LogP contribution is -2.23. The van der Waals surface area contributed by atoms with Crippen molar-refractivity contribution in [3.63, 3.8) is 0 Å². The van der Waals surface area contributed by atoms with Gasteiger partial charge in [0.25, 0.3) is 0 Å². The lowest BCUT2D eigenvalue weighted by molar-refractivity contribution is 0.524. The molecule has 0 saturated carbocycles. The highest BCUT2D eigenvalue weighted by Crippen LogP contribution is 2.25. The van der Waals surface area contributed by atoms with Crippen LogP contribution in [0.5, 0.6) is 0 Å². The molecule has 1 atom stereocenters. The monoisotopic (exact) mass is 279 g/mol. The van der Waals surface area contributed by atoms with Gasteiger partial charge in [-0.25, -0.2) is 0 Å². The lowest BCUT2D eigenvalue weighted by Gasteiger charge is -2.15. The van der Waals surface area contributed by atoms with E-state index in [1.54, 1.807) is 7.05 Å². The second-order valence-electron chi connectivity index (χ2n) is 4.56. The molecule has 0 aliphatic carbocycles. The third-order valence-corrected chi connectivity index (χ3v) is 4.29. The average molecular weight is 279 g/mol. The van der Waals surface area contributed by atoms with E-state index in [1.165, 1.54) is 14.6 Å². The molecular formula is C13H21N5S. The number of rotatable bonds is 7. The summed E-state index contributed by atoms with van der Waals surface area (Å²) in [4.78, 5) is 4.29. The normalized spacial score (nSPS) is 12.8. The molecule has 0 fully saturated rings. The molecule has 0 amide bonds. The average Bonchev–Trinajstić information content (AvgIpc) is 3.03. The summed E-state index contributed by atoms with van der Waals surface area (Å²) in [5, 5.41) is 15.8. The van der Waals surface area contributed by atoms with Gasteiger partial charge in [0.2, 0.25) is 0 Å². The van der Waals surface area contributed by atoms with Gasteiger partial charge in [0.05, 0.1) is 7.05 Å². The topological polar surface area (TPSA) is 55.6 Å². The first-order valence-electron chi connectivity index (χ1n) is 6.77. The molecule has 0 aliphatic rings. The number of aromatic nitrogens is 4. The van der Waals surface area contributed by atoms with Gasteiger partial charge in [0, 0.05) is 22.2 Å². The molecule has 1 N–H and O–H groups in total. The van der Waals surface area contributed by atoms with E-state index in [1.807, 2.05) is 11.3 Å². The van der Waals surface area contributed by atoms with E-state index in [0.29, 0.717) is 0 Å². The van der Waals surface area contributed by atoms with E-state index in [-0.39, 0.29) is 6.04 Å². The van der Waals surface area contributed by atoms with Crippen molar-refractivity contribution >= 4 is 11.3 Å². The fourth-order valence-electron chi connectivity index (χ4n) is 1.95. The Hall–Kier alpha value is -1.27. The van der Waals surface area contributed by atoms with Crippen LogP contribution in [0.25, 0.3) is 0 Å². The van der Waals surface area contributed by atoms with Crippen LogP contribution in [0.2, 0.25) is 0 Å². The molecule has 0 aromatic carbocycles. The van der Waals surface area contributed by atoms with Crippen LogP contribution in [0.1, 0.15) is 41.9 Å². The summed E-state index contributed by atoms with van der Waals surface area (Å²) in [6.45, 7) is 5.37. The standard InChI is InChI=1S/C13H21N5S/c1-4-8-14-11(9-13-15-17-18(3)16-13)12-7-6-10(5-2)19-12/h6-7,11,14H,4-5,8-9H2,1-3H3. The Morgan fingerprint density at radius 3 is 2.79 bits per heavy atom. The number of hydrogen-bond acceptors (Lipinski definition) is 5. The summed E-state index contributed by atoms with van der Waals surface area (Å²) in [6, 6.07) is 4.72. The molecule has 104 valence electrons. The van der Waals surface area contributed by atoms with Crippen molar-refractivity contribution in [3.05, 3.63) is 27.7 Å². The highest BCUT2D eigenvalue weighted by Gasteiger charge is 2.16. The van der Waals surface area contributed by atoms with Gasteiger partial charge in [-0.05, 0) is 36.7 Å². The maximum Gasteiger partial charge on any atom is 0.176 e. The first-order chi connectivity index (χ1) is 9.22. The summed E-state index contributed by atoms with van der Waals surface area (Å²) in [5.74, 6) is 0.794. The predicted molar refractivity (Wildman–Crippen MR) is 77.2 cm³/mol. The molecule has 0 radical (unpaired) electrons. The van der Waals surface area contributed by atoms with E-state index in [4.69, 9.17) is 0 Å². The zero-order chi connectivity index (χ0) is 13.7. The Morgan fingerprint density at radius 1 is 1.37 bits per heavy atom. The predicted octanol–water partition coefficient (Wildman–Crippen LogP) is 2.12. The molecular weight excluding hydrogens is 258 g/mol. The maximum absolute atomic E-state index is 4.27. The Morgan fingerprint density at radius 2 is 2.21 bits per heavy atom. The second kappa shape index (κ2) is 6.77. The molecule has 0 bridgehead atoms. The minimum absolute atomic E-state index is 0.287. The van der Waals surface area contributed by atoms with Gasteiger partial charge < -0.3 is 5.32 Å². The van der Waals surface area contributed by atoms with Crippen molar-refractivity contribution in [1.82, 2.24) is 25.5 Å². The van der Waals surface area contributed by atoms with Crippen LogP contribution in [-0.4, -0.2) is 26.8 Å². The quantitative estimate of drug-likeness (QED) is 0.843.